The number of rotatable bonds is 3. The second kappa shape index (κ2) is 8.92. The van der Waals surface area contributed by atoms with E-state index in [1.165, 1.54) is 18.6 Å². The summed E-state index contributed by atoms with van der Waals surface area (Å²) in [7, 11) is 0. The van der Waals surface area contributed by atoms with E-state index in [0.717, 1.165) is 43.6 Å². The monoisotopic (exact) mass is 457 g/mol. The molecule has 2 aromatic rings. The summed E-state index contributed by atoms with van der Waals surface area (Å²) in [6.07, 6.45) is 1.34. The average molecular weight is 458 g/mol. The first-order valence-electron chi connectivity index (χ1n) is 12.0. The van der Waals surface area contributed by atoms with Crippen molar-refractivity contribution in [2.45, 2.75) is 56.8 Å². The molecular formula is C26H30F3N3O. The smallest absolute Gasteiger partial charge is 0.368 e. The number of halogens is 3. The summed E-state index contributed by atoms with van der Waals surface area (Å²) in [4.78, 5) is 17.9. The van der Waals surface area contributed by atoms with Crippen molar-refractivity contribution in [3.8, 4) is 0 Å². The number of hydrogen-bond donors (Lipinski definition) is 1. The number of para-hydroxylation sites is 1. The Kier molecular flexibility index (Phi) is 5.97. The number of fused-ring (bicyclic) bond motifs is 3. The van der Waals surface area contributed by atoms with Gasteiger partial charge in [0.25, 0.3) is 0 Å². The van der Waals surface area contributed by atoms with Gasteiger partial charge in [0.2, 0.25) is 5.91 Å². The fourth-order valence-corrected chi connectivity index (χ4v) is 5.73. The van der Waals surface area contributed by atoms with E-state index in [1.807, 2.05) is 18.2 Å². The summed E-state index contributed by atoms with van der Waals surface area (Å²) in [5.74, 6) is -0.399. The molecule has 0 radical (unpaired) electrons. The Balaban J connectivity index is 1.45. The van der Waals surface area contributed by atoms with Crippen LogP contribution in [0.5, 0.6) is 0 Å². The number of hydrogen-bond acceptors (Lipinski definition) is 3. The number of piperazine rings is 1. The molecular weight excluding hydrogens is 427 g/mol. The van der Waals surface area contributed by atoms with Crippen LogP contribution < -0.4 is 15.1 Å². The van der Waals surface area contributed by atoms with Crippen molar-refractivity contribution in [3.63, 3.8) is 0 Å². The molecule has 176 valence electrons. The van der Waals surface area contributed by atoms with Crippen LogP contribution in [0.1, 0.15) is 43.2 Å². The molecule has 1 N–H and O–H groups in total. The van der Waals surface area contributed by atoms with Crippen LogP contribution in [0.4, 0.5) is 24.5 Å². The topological polar surface area (TPSA) is 35.6 Å². The van der Waals surface area contributed by atoms with Gasteiger partial charge in [-0.25, -0.2) is 0 Å². The predicted molar refractivity (Wildman–Crippen MR) is 123 cm³/mol. The Morgan fingerprint density at radius 2 is 1.73 bits per heavy atom. The second-order valence-electron chi connectivity index (χ2n) is 9.54. The molecule has 7 heteroatoms. The highest BCUT2D eigenvalue weighted by Gasteiger charge is 2.43. The van der Waals surface area contributed by atoms with Crippen LogP contribution in [0.15, 0.2) is 48.5 Å². The first-order chi connectivity index (χ1) is 15.9. The summed E-state index contributed by atoms with van der Waals surface area (Å²) in [5.41, 5.74) is 1.93. The molecule has 4 nitrogen and oxygen atoms in total. The highest BCUT2D eigenvalue weighted by molar-refractivity contribution is 5.82. The lowest BCUT2D eigenvalue weighted by Gasteiger charge is -2.50. The van der Waals surface area contributed by atoms with E-state index >= 15 is 0 Å². The first kappa shape index (κ1) is 22.1. The molecule has 2 aromatic carbocycles. The molecule has 5 rings (SSSR count). The molecule has 0 aromatic heterocycles. The van der Waals surface area contributed by atoms with Crippen LogP contribution in [0, 0.1) is 5.92 Å². The Bertz CT molecular complexity index is 988. The third-order valence-corrected chi connectivity index (χ3v) is 7.45. The highest BCUT2D eigenvalue weighted by atomic mass is 19.4. The van der Waals surface area contributed by atoms with Gasteiger partial charge in [-0.2, -0.15) is 13.2 Å². The van der Waals surface area contributed by atoms with Crippen molar-refractivity contribution >= 4 is 17.3 Å². The fourth-order valence-electron chi connectivity index (χ4n) is 5.73. The SMILES string of the molecule is O=C(NC1CCCCC1)C1Cc2cc(C(F)(F)F)ccc2N2CCN(c3ccccc3)CC12. The van der Waals surface area contributed by atoms with E-state index in [0.29, 0.717) is 25.1 Å². The molecule has 0 spiro atoms. The van der Waals surface area contributed by atoms with Crippen LogP contribution in [0.3, 0.4) is 0 Å². The van der Waals surface area contributed by atoms with E-state index in [1.54, 1.807) is 6.07 Å². The summed E-state index contributed by atoms with van der Waals surface area (Å²) in [6.45, 7) is 2.11. The predicted octanol–water partition coefficient (Wildman–Crippen LogP) is 5.02. The lowest BCUT2D eigenvalue weighted by molar-refractivity contribution is -0.137. The molecule has 33 heavy (non-hydrogen) atoms. The van der Waals surface area contributed by atoms with Crippen molar-refractivity contribution in [1.82, 2.24) is 5.32 Å². The van der Waals surface area contributed by atoms with Crippen LogP contribution >= 0.6 is 0 Å². The van der Waals surface area contributed by atoms with Gasteiger partial charge in [-0.05, 0) is 55.2 Å². The van der Waals surface area contributed by atoms with Gasteiger partial charge in [-0.15, -0.1) is 0 Å². The summed E-state index contributed by atoms with van der Waals surface area (Å²) in [6, 6.07) is 14.2. The van der Waals surface area contributed by atoms with E-state index < -0.39 is 11.7 Å². The lowest BCUT2D eigenvalue weighted by Crippen LogP contribution is -2.61. The molecule has 2 aliphatic heterocycles. The molecule has 1 saturated heterocycles. The Morgan fingerprint density at radius 3 is 2.45 bits per heavy atom. The molecule has 2 heterocycles. The van der Waals surface area contributed by atoms with Crippen LogP contribution in [-0.4, -0.2) is 37.6 Å². The Hall–Kier alpha value is -2.70. The largest absolute Gasteiger partial charge is 0.416 e. The standard InChI is InChI=1S/C26H30F3N3O/c27-26(28,29)19-11-12-23-18(15-19)16-22(25(33)30-20-7-3-1-4-8-20)24-17-31(13-14-32(23)24)21-9-5-2-6-10-21/h2,5-6,9-12,15,20,22,24H,1,3-4,7-8,13-14,16-17H2,(H,30,33). The Morgan fingerprint density at radius 1 is 0.970 bits per heavy atom. The molecule has 0 bridgehead atoms. The van der Waals surface area contributed by atoms with Gasteiger partial charge in [0, 0.05) is 37.1 Å². The normalized spacial score (nSPS) is 23.6. The maximum atomic E-state index is 13.5. The summed E-state index contributed by atoms with van der Waals surface area (Å²) in [5, 5.41) is 3.25. The van der Waals surface area contributed by atoms with Crippen molar-refractivity contribution in [1.29, 1.82) is 0 Å². The Labute approximate surface area is 192 Å². The third-order valence-electron chi connectivity index (χ3n) is 7.45. The molecule has 2 atom stereocenters. The number of alkyl halides is 3. The van der Waals surface area contributed by atoms with Gasteiger partial charge < -0.3 is 15.1 Å². The van der Waals surface area contributed by atoms with Crippen molar-refractivity contribution in [2.75, 3.05) is 29.4 Å². The van der Waals surface area contributed by atoms with Gasteiger partial charge in [-0.3, -0.25) is 4.79 Å². The second-order valence-corrected chi connectivity index (χ2v) is 9.54. The minimum atomic E-state index is -4.39. The van der Waals surface area contributed by atoms with Crippen LogP contribution in [0.25, 0.3) is 0 Å². The van der Waals surface area contributed by atoms with Crippen molar-refractivity contribution in [3.05, 3.63) is 59.7 Å². The maximum absolute atomic E-state index is 13.5. The van der Waals surface area contributed by atoms with Gasteiger partial charge in [0.05, 0.1) is 17.5 Å². The minimum absolute atomic E-state index is 0.0186. The van der Waals surface area contributed by atoms with Gasteiger partial charge in [0.15, 0.2) is 0 Å². The molecule has 2 fully saturated rings. The van der Waals surface area contributed by atoms with Crippen molar-refractivity contribution in [2.24, 2.45) is 5.92 Å². The van der Waals surface area contributed by atoms with Gasteiger partial charge in [-0.1, -0.05) is 37.5 Å². The number of anilines is 2. The number of carbonyl (C=O) groups is 1. The quantitative estimate of drug-likeness (QED) is 0.703. The van der Waals surface area contributed by atoms with Crippen LogP contribution in [-0.2, 0) is 17.4 Å². The average Bonchev–Trinajstić information content (AvgIpc) is 2.83. The maximum Gasteiger partial charge on any atom is 0.416 e. The van der Waals surface area contributed by atoms with E-state index in [2.05, 4.69) is 27.2 Å². The zero-order chi connectivity index (χ0) is 23.0. The number of nitrogens with zero attached hydrogens (tertiary/aromatic N) is 2. The van der Waals surface area contributed by atoms with E-state index in [-0.39, 0.29) is 23.9 Å². The summed E-state index contributed by atoms with van der Waals surface area (Å²) < 4.78 is 40.2. The van der Waals surface area contributed by atoms with Crippen LogP contribution in [0.2, 0.25) is 0 Å². The molecule has 1 amide bonds. The molecule has 2 unspecified atom stereocenters. The number of nitrogens with one attached hydrogen (secondary N) is 1. The zero-order valence-corrected chi connectivity index (χ0v) is 18.7. The number of benzene rings is 2. The molecule has 1 saturated carbocycles. The third kappa shape index (κ3) is 4.55. The zero-order valence-electron chi connectivity index (χ0n) is 18.7. The van der Waals surface area contributed by atoms with E-state index in [4.69, 9.17) is 0 Å². The minimum Gasteiger partial charge on any atom is -0.368 e. The van der Waals surface area contributed by atoms with Crippen molar-refractivity contribution < 1.29 is 18.0 Å². The van der Waals surface area contributed by atoms with Gasteiger partial charge >= 0.3 is 6.18 Å². The fraction of sp³-hybridized carbons (Fsp3) is 0.500. The molecule has 3 aliphatic rings. The summed E-state index contributed by atoms with van der Waals surface area (Å²) >= 11 is 0. The first-order valence-corrected chi connectivity index (χ1v) is 12.0. The lowest BCUT2D eigenvalue weighted by atomic mass is 9.82. The number of carbonyl (C=O) groups excluding carboxylic acids is 1. The van der Waals surface area contributed by atoms with E-state index in [9.17, 15) is 18.0 Å². The highest BCUT2D eigenvalue weighted by Crippen LogP contribution is 2.40. The molecule has 1 aliphatic carbocycles. The van der Waals surface area contributed by atoms with Gasteiger partial charge in [0.1, 0.15) is 0 Å². The number of amides is 1.